The van der Waals surface area contributed by atoms with Crippen LogP contribution in [0.5, 0.6) is 0 Å². The van der Waals surface area contributed by atoms with Crippen molar-refractivity contribution in [2.45, 2.75) is 6.54 Å². The van der Waals surface area contributed by atoms with Crippen LogP contribution in [0, 0.1) is 0 Å². The molecule has 3 rings (SSSR count). The highest BCUT2D eigenvalue weighted by Crippen LogP contribution is 2.20. The zero-order chi connectivity index (χ0) is 13.4. The second-order valence-electron chi connectivity index (χ2n) is 4.17. The van der Waals surface area contributed by atoms with E-state index >= 15 is 0 Å². The van der Waals surface area contributed by atoms with Gasteiger partial charge in [0.25, 0.3) is 5.56 Å². The van der Waals surface area contributed by atoms with Crippen LogP contribution in [0.4, 0.5) is 5.69 Å². The molecule has 0 bridgehead atoms. The normalized spacial score (nSPS) is 11.0. The van der Waals surface area contributed by atoms with Gasteiger partial charge in [0.2, 0.25) is 0 Å². The van der Waals surface area contributed by atoms with Crippen molar-refractivity contribution < 1.29 is 0 Å². The highest BCUT2D eigenvalue weighted by Gasteiger charge is 2.07. The van der Waals surface area contributed by atoms with Crippen LogP contribution in [0.1, 0.15) is 5.56 Å². The summed E-state index contributed by atoms with van der Waals surface area (Å²) in [7, 11) is 0. The Morgan fingerprint density at radius 3 is 3.05 bits per heavy atom. The minimum absolute atomic E-state index is 0.0651. The Labute approximate surface area is 118 Å². The third-order valence-electron chi connectivity index (χ3n) is 2.86. The zero-order valence-electron chi connectivity index (χ0n) is 9.84. The number of anilines is 1. The molecule has 6 heteroatoms. The van der Waals surface area contributed by atoms with Crippen molar-refractivity contribution in [1.82, 2.24) is 9.55 Å². The molecule has 0 radical (unpaired) electrons. The maximum atomic E-state index is 12.2. The molecular weight excluding hydrogens is 282 g/mol. The van der Waals surface area contributed by atoms with E-state index < -0.39 is 0 Å². The van der Waals surface area contributed by atoms with Crippen molar-refractivity contribution in [2.24, 2.45) is 0 Å². The first-order valence-electron chi connectivity index (χ1n) is 5.62. The van der Waals surface area contributed by atoms with E-state index in [0.29, 0.717) is 22.6 Å². The number of nitrogens with zero attached hydrogens (tertiary/aromatic N) is 2. The fourth-order valence-corrected chi connectivity index (χ4v) is 2.81. The molecule has 0 aliphatic carbocycles. The zero-order valence-corrected chi connectivity index (χ0v) is 11.4. The molecule has 0 unspecified atom stereocenters. The molecule has 2 aromatic heterocycles. The number of halogens is 1. The molecule has 0 aliphatic rings. The van der Waals surface area contributed by atoms with Crippen molar-refractivity contribution in [3.8, 4) is 0 Å². The highest BCUT2D eigenvalue weighted by molar-refractivity contribution is 7.16. The third-order valence-corrected chi connectivity index (χ3v) is 4.05. The Morgan fingerprint density at radius 2 is 2.21 bits per heavy atom. The molecule has 0 saturated heterocycles. The van der Waals surface area contributed by atoms with Gasteiger partial charge in [-0.2, -0.15) is 0 Å². The molecule has 0 fully saturated rings. The van der Waals surface area contributed by atoms with Crippen LogP contribution in [0.25, 0.3) is 10.2 Å². The van der Waals surface area contributed by atoms with Gasteiger partial charge >= 0.3 is 0 Å². The lowest BCUT2D eigenvalue weighted by Crippen LogP contribution is -2.20. The summed E-state index contributed by atoms with van der Waals surface area (Å²) in [6.45, 7) is 0.363. The van der Waals surface area contributed by atoms with E-state index in [-0.39, 0.29) is 5.56 Å². The molecule has 3 aromatic rings. The number of aromatic nitrogens is 2. The fourth-order valence-electron chi connectivity index (χ4n) is 1.91. The average Bonchev–Trinajstić information content (AvgIpc) is 2.86. The lowest BCUT2D eigenvalue weighted by molar-refractivity contribution is 0.750. The van der Waals surface area contributed by atoms with Crippen molar-refractivity contribution in [1.29, 1.82) is 0 Å². The molecule has 4 nitrogen and oxygen atoms in total. The van der Waals surface area contributed by atoms with E-state index in [1.165, 1.54) is 15.9 Å². The molecule has 2 N–H and O–H groups in total. The Balaban J connectivity index is 2.08. The van der Waals surface area contributed by atoms with Gasteiger partial charge in [0.05, 0.1) is 18.3 Å². The van der Waals surface area contributed by atoms with Crippen LogP contribution in [0.3, 0.4) is 0 Å². The minimum atomic E-state index is -0.0651. The van der Waals surface area contributed by atoms with Gasteiger partial charge in [-0.25, -0.2) is 4.98 Å². The Bertz CT molecular complexity index is 809. The third kappa shape index (κ3) is 2.22. The molecule has 2 heterocycles. The Kier molecular flexibility index (Phi) is 3.00. The van der Waals surface area contributed by atoms with Crippen molar-refractivity contribution in [3.05, 3.63) is 56.9 Å². The van der Waals surface area contributed by atoms with Crippen molar-refractivity contribution >= 4 is 38.8 Å². The molecule has 96 valence electrons. The fraction of sp³-hybridized carbons (Fsp3) is 0.0769. The van der Waals surface area contributed by atoms with Gasteiger partial charge < -0.3 is 5.73 Å². The second kappa shape index (κ2) is 4.68. The average molecular weight is 292 g/mol. The maximum Gasteiger partial charge on any atom is 0.262 e. The van der Waals surface area contributed by atoms with Crippen molar-refractivity contribution in [2.75, 3.05) is 5.73 Å². The summed E-state index contributed by atoms with van der Waals surface area (Å²) < 4.78 is 1.54. The summed E-state index contributed by atoms with van der Waals surface area (Å²) in [6, 6.07) is 7.02. The van der Waals surface area contributed by atoms with E-state index in [2.05, 4.69) is 4.98 Å². The molecule has 0 aliphatic heterocycles. The van der Waals surface area contributed by atoms with Crippen LogP contribution in [0.2, 0.25) is 5.02 Å². The van der Waals surface area contributed by atoms with Gasteiger partial charge in [0.15, 0.2) is 0 Å². The predicted molar refractivity (Wildman–Crippen MR) is 78.8 cm³/mol. The molecule has 0 spiro atoms. The molecule has 0 atom stereocenters. The number of benzene rings is 1. The van der Waals surface area contributed by atoms with Gasteiger partial charge in [-0.3, -0.25) is 9.36 Å². The number of fused-ring (bicyclic) bond motifs is 1. The smallest absolute Gasteiger partial charge is 0.262 e. The standard InChI is InChI=1S/C13H10ClN3OS/c14-11-2-1-9(15)5-8(11)6-17-7-16-12-10(13(17)18)3-4-19-12/h1-5,7H,6,15H2. The maximum absolute atomic E-state index is 12.2. The topological polar surface area (TPSA) is 60.9 Å². The molecule has 0 saturated carbocycles. The summed E-state index contributed by atoms with van der Waals surface area (Å²) in [5.74, 6) is 0. The van der Waals surface area contributed by atoms with Crippen LogP contribution >= 0.6 is 22.9 Å². The molecule has 1 aromatic carbocycles. The number of hydrogen-bond acceptors (Lipinski definition) is 4. The predicted octanol–water partition coefficient (Wildman–Crippen LogP) is 2.74. The Morgan fingerprint density at radius 1 is 1.37 bits per heavy atom. The monoisotopic (exact) mass is 291 g/mol. The van der Waals surface area contributed by atoms with E-state index in [4.69, 9.17) is 17.3 Å². The second-order valence-corrected chi connectivity index (χ2v) is 5.47. The van der Waals surface area contributed by atoms with Crippen LogP contribution in [0.15, 0.2) is 40.8 Å². The lowest BCUT2D eigenvalue weighted by Gasteiger charge is -2.08. The van der Waals surface area contributed by atoms with Crippen LogP contribution < -0.4 is 11.3 Å². The first-order valence-corrected chi connectivity index (χ1v) is 6.87. The number of thiophene rings is 1. The van der Waals surface area contributed by atoms with Gasteiger partial charge in [-0.15, -0.1) is 11.3 Å². The van der Waals surface area contributed by atoms with Crippen LogP contribution in [-0.2, 0) is 6.54 Å². The quantitative estimate of drug-likeness (QED) is 0.739. The summed E-state index contributed by atoms with van der Waals surface area (Å²) >= 11 is 7.56. The molecule has 19 heavy (non-hydrogen) atoms. The first-order chi connectivity index (χ1) is 9.15. The largest absolute Gasteiger partial charge is 0.399 e. The molecular formula is C13H10ClN3OS. The van der Waals surface area contributed by atoms with E-state index in [0.717, 1.165) is 10.4 Å². The van der Waals surface area contributed by atoms with Crippen molar-refractivity contribution in [3.63, 3.8) is 0 Å². The summed E-state index contributed by atoms with van der Waals surface area (Å²) in [6.07, 6.45) is 1.54. The Hall–Kier alpha value is -1.85. The minimum Gasteiger partial charge on any atom is -0.399 e. The van der Waals surface area contributed by atoms with Gasteiger partial charge in [0.1, 0.15) is 4.83 Å². The summed E-state index contributed by atoms with van der Waals surface area (Å²) in [5, 5.41) is 3.08. The van der Waals surface area contributed by atoms with Gasteiger partial charge in [-0.1, -0.05) is 11.6 Å². The number of nitrogen functional groups attached to an aromatic ring is 1. The van der Waals surface area contributed by atoms with Gasteiger partial charge in [0, 0.05) is 10.7 Å². The van der Waals surface area contributed by atoms with Crippen LogP contribution in [-0.4, -0.2) is 9.55 Å². The van der Waals surface area contributed by atoms with E-state index in [1.54, 1.807) is 30.6 Å². The summed E-state index contributed by atoms with van der Waals surface area (Å²) in [4.78, 5) is 17.3. The number of rotatable bonds is 2. The first kappa shape index (κ1) is 12.2. The van der Waals surface area contributed by atoms with E-state index in [9.17, 15) is 4.79 Å². The number of hydrogen-bond donors (Lipinski definition) is 1. The molecule has 0 amide bonds. The highest BCUT2D eigenvalue weighted by atomic mass is 35.5. The van der Waals surface area contributed by atoms with Gasteiger partial charge in [-0.05, 0) is 35.2 Å². The lowest BCUT2D eigenvalue weighted by atomic mass is 10.2. The summed E-state index contributed by atoms with van der Waals surface area (Å²) in [5.41, 5.74) is 7.10. The van der Waals surface area contributed by atoms with E-state index in [1.807, 2.05) is 5.38 Å². The number of nitrogens with two attached hydrogens (primary N) is 1. The SMILES string of the molecule is Nc1ccc(Cl)c(Cn2cnc3sccc3c2=O)c1.